The molecule has 2 aliphatic rings. The summed E-state index contributed by atoms with van der Waals surface area (Å²) in [5.74, 6) is -3.43. The number of halogens is 2. The molecule has 8 heteroatoms. The van der Waals surface area contributed by atoms with Gasteiger partial charge in [-0.05, 0) is 52.4 Å². The van der Waals surface area contributed by atoms with Crippen molar-refractivity contribution in [2.24, 2.45) is 11.7 Å². The summed E-state index contributed by atoms with van der Waals surface area (Å²) in [7, 11) is 0. The standard InChI is InChI=1S/C17H29F2N3O3/c1-16(2,3)25-15(24)21-13(11-4-6-12(20)7-5-11)14(23)22-9-8-17(18,19)10-22/h11-13H,4-10,20H2,1-3H3,(H,21,24). The van der Waals surface area contributed by atoms with E-state index in [1.54, 1.807) is 20.8 Å². The predicted molar refractivity (Wildman–Crippen MR) is 89.2 cm³/mol. The van der Waals surface area contributed by atoms with Crippen LogP contribution in [0.4, 0.5) is 13.6 Å². The van der Waals surface area contributed by atoms with Crippen LogP contribution in [-0.2, 0) is 9.53 Å². The van der Waals surface area contributed by atoms with Gasteiger partial charge in [0, 0.05) is 19.0 Å². The molecule has 0 aromatic carbocycles. The third-order valence-electron chi connectivity index (χ3n) is 4.71. The second-order valence-electron chi connectivity index (χ2n) is 8.16. The molecular weight excluding hydrogens is 332 g/mol. The van der Waals surface area contributed by atoms with Crippen molar-refractivity contribution in [2.45, 2.75) is 76.5 Å². The predicted octanol–water partition coefficient (Wildman–Crippen LogP) is 2.26. The largest absolute Gasteiger partial charge is 0.444 e. The molecule has 2 rings (SSSR count). The number of likely N-dealkylation sites (tertiary alicyclic amines) is 1. The molecule has 0 radical (unpaired) electrons. The molecule has 0 spiro atoms. The van der Waals surface area contributed by atoms with E-state index in [0.29, 0.717) is 12.8 Å². The average Bonchev–Trinajstić information content (AvgIpc) is 2.83. The minimum atomic E-state index is -2.86. The topological polar surface area (TPSA) is 84.7 Å². The lowest BCUT2D eigenvalue weighted by Crippen LogP contribution is -2.54. The van der Waals surface area contributed by atoms with Crippen LogP contribution in [0.25, 0.3) is 0 Å². The fourth-order valence-electron chi connectivity index (χ4n) is 3.41. The van der Waals surface area contributed by atoms with E-state index in [1.165, 1.54) is 0 Å². The van der Waals surface area contributed by atoms with Crippen LogP contribution >= 0.6 is 0 Å². The van der Waals surface area contributed by atoms with Crippen LogP contribution in [0, 0.1) is 5.92 Å². The lowest BCUT2D eigenvalue weighted by atomic mass is 9.81. The number of alkyl halides is 2. The maximum absolute atomic E-state index is 13.5. The van der Waals surface area contributed by atoms with Crippen LogP contribution in [0.3, 0.4) is 0 Å². The smallest absolute Gasteiger partial charge is 0.408 e. The number of nitrogens with zero attached hydrogens (tertiary/aromatic N) is 1. The van der Waals surface area contributed by atoms with E-state index in [4.69, 9.17) is 10.5 Å². The number of carbonyl (C=O) groups excluding carboxylic acids is 2. The number of hydrogen-bond acceptors (Lipinski definition) is 4. The van der Waals surface area contributed by atoms with E-state index in [9.17, 15) is 18.4 Å². The highest BCUT2D eigenvalue weighted by molar-refractivity contribution is 5.86. The molecule has 6 nitrogen and oxygen atoms in total. The fraction of sp³-hybridized carbons (Fsp3) is 0.882. The van der Waals surface area contributed by atoms with E-state index in [1.807, 2.05) is 0 Å². The zero-order valence-corrected chi connectivity index (χ0v) is 15.2. The first-order valence-corrected chi connectivity index (χ1v) is 8.88. The maximum Gasteiger partial charge on any atom is 0.408 e. The molecule has 25 heavy (non-hydrogen) atoms. The fourth-order valence-corrected chi connectivity index (χ4v) is 3.41. The minimum absolute atomic E-state index is 0.00453. The van der Waals surface area contributed by atoms with Crippen molar-refractivity contribution in [2.75, 3.05) is 13.1 Å². The van der Waals surface area contributed by atoms with Crippen LogP contribution in [0.2, 0.25) is 0 Å². The van der Waals surface area contributed by atoms with Crippen LogP contribution < -0.4 is 11.1 Å². The summed E-state index contributed by atoms with van der Waals surface area (Å²) in [4.78, 5) is 26.1. The summed E-state index contributed by atoms with van der Waals surface area (Å²) in [6.07, 6.45) is 1.82. The molecule has 1 unspecified atom stereocenters. The Labute approximate surface area is 147 Å². The van der Waals surface area contributed by atoms with E-state index in [2.05, 4.69) is 5.32 Å². The number of hydrogen-bond donors (Lipinski definition) is 2. The number of nitrogens with one attached hydrogen (secondary N) is 1. The van der Waals surface area contributed by atoms with Crippen LogP contribution in [0.15, 0.2) is 0 Å². The molecule has 2 amide bonds. The highest BCUT2D eigenvalue weighted by Gasteiger charge is 2.44. The second kappa shape index (κ2) is 7.43. The summed E-state index contributed by atoms with van der Waals surface area (Å²) in [6.45, 7) is 4.59. The number of nitrogens with two attached hydrogens (primary N) is 1. The van der Waals surface area contributed by atoms with Crippen LogP contribution in [-0.4, -0.2) is 53.6 Å². The Hall–Kier alpha value is -1.44. The van der Waals surface area contributed by atoms with Gasteiger partial charge in [-0.2, -0.15) is 0 Å². The normalized spacial score (nSPS) is 27.7. The summed E-state index contributed by atoms with van der Waals surface area (Å²) in [5, 5.41) is 2.62. The van der Waals surface area contributed by atoms with Gasteiger partial charge in [0.05, 0.1) is 6.54 Å². The van der Waals surface area contributed by atoms with Crippen molar-refractivity contribution >= 4 is 12.0 Å². The van der Waals surface area contributed by atoms with E-state index < -0.39 is 36.1 Å². The van der Waals surface area contributed by atoms with Crippen molar-refractivity contribution in [3.05, 3.63) is 0 Å². The van der Waals surface area contributed by atoms with Crippen molar-refractivity contribution in [3.63, 3.8) is 0 Å². The van der Waals surface area contributed by atoms with Crippen LogP contribution in [0.1, 0.15) is 52.9 Å². The Kier molecular flexibility index (Phi) is 5.91. The van der Waals surface area contributed by atoms with E-state index in [-0.39, 0.29) is 24.9 Å². The van der Waals surface area contributed by atoms with Gasteiger partial charge in [0.15, 0.2) is 0 Å². The van der Waals surface area contributed by atoms with Gasteiger partial charge in [-0.3, -0.25) is 4.79 Å². The molecule has 1 aliphatic heterocycles. The molecule has 1 aliphatic carbocycles. The molecule has 1 atom stereocenters. The first kappa shape index (κ1) is 19.9. The number of carbonyl (C=O) groups is 2. The number of ether oxygens (including phenoxy) is 1. The summed E-state index contributed by atoms with van der Waals surface area (Å²) in [5.41, 5.74) is 5.21. The Morgan fingerprint density at radius 2 is 1.84 bits per heavy atom. The molecule has 0 aromatic heterocycles. The van der Waals surface area contributed by atoms with Crippen LogP contribution in [0.5, 0.6) is 0 Å². The first-order valence-electron chi connectivity index (χ1n) is 8.88. The highest BCUT2D eigenvalue weighted by Crippen LogP contribution is 2.31. The SMILES string of the molecule is CC(C)(C)OC(=O)NC(C(=O)N1CCC(F)(F)C1)C1CCC(N)CC1. The second-order valence-corrected chi connectivity index (χ2v) is 8.16. The van der Waals surface area contributed by atoms with E-state index in [0.717, 1.165) is 17.7 Å². The molecule has 1 saturated heterocycles. The molecule has 3 N–H and O–H groups in total. The Morgan fingerprint density at radius 3 is 2.32 bits per heavy atom. The third kappa shape index (κ3) is 5.80. The minimum Gasteiger partial charge on any atom is -0.444 e. The van der Waals surface area contributed by atoms with Crippen molar-refractivity contribution in [1.82, 2.24) is 10.2 Å². The number of amides is 2. The van der Waals surface area contributed by atoms with Gasteiger partial charge in [-0.1, -0.05) is 0 Å². The average molecular weight is 361 g/mol. The molecule has 1 saturated carbocycles. The van der Waals surface area contributed by atoms with Crippen molar-refractivity contribution in [1.29, 1.82) is 0 Å². The molecule has 0 bridgehead atoms. The first-order chi connectivity index (χ1) is 11.5. The lowest BCUT2D eigenvalue weighted by molar-refractivity contribution is -0.135. The van der Waals surface area contributed by atoms with Gasteiger partial charge in [0.25, 0.3) is 5.92 Å². The summed E-state index contributed by atoms with van der Waals surface area (Å²) in [6, 6.07) is -0.763. The molecule has 1 heterocycles. The molecular formula is C17H29F2N3O3. The highest BCUT2D eigenvalue weighted by atomic mass is 19.3. The van der Waals surface area contributed by atoms with Gasteiger partial charge in [-0.25, -0.2) is 13.6 Å². The monoisotopic (exact) mass is 361 g/mol. The molecule has 0 aromatic rings. The summed E-state index contributed by atoms with van der Waals surface area (Å²) >= 11 is 0. The van der Waals surface area contributed by atoms with Gasteiger partial charge < -0.3 is 20.7 Å². The van der Waals surface area contributed by atoms with Crippen molar-refractivity contribution in [3.8, 4) is 0 Å². The van der Waals surface area contributed by atoms with Gasteiger partial charge >= 0.3 is 6.09 Å². The third-order valence-corrected chi connectivity index (χ3v) is 4.71. The quantitative estimate of drug-likeness (QED) is 0.808. The van der Waals surface area contributed by atoms with Crippen molar-refractivity contribution < 1.29 is 23.1 Å². The van der Waals surface area contributed by atoms with Gasteiger partial charge in [0.1, 0.15) is 11.6 Å². The maximum atomic E-state index is 13.5. The van der Waals surface area contributed by atoms with E-state index >= 15 is 0 Å². The zero-order chi connectivity index (χ0) is 18.8. The summed E-state index contributed by atoms with van der Waals surface area (Å²) < 4.78 is 32.2. The molecule has 2 fully saturated rings. The van der Waals surface area contributed by atoms with Gasteiger partial charge in [0.2, 0.25) is 5.91 Å². The molecule has 144 valence electrons. The Balaban J connectivity index is 2.08. The Bertz CT molecular complexity index is 500. The Morgan fingerprint density at radius 1 is 1.24 bits per heavy atom. The zero-order valence-electron chi connectivity index (χ0n) is 15.2. The lowest BCUT2D eigenvalue weighted by Gasteiger charge is -2.34. The number of rotatable bonds is 3. The number of alkyl carbamates (subject to hydrolysis) is 1. The van der Waals surface area contributed by atoms with Gasteiger partial charge in [-0.15, -0.1) is 0 Å².